The van der Waals surface area contributed by atoms with E-state index in [1.165, 1.54) is 7.11 Å². The summed E-state index contributed by atoms with van der Waals surface area (Å²) in [6.07, 6.45) is 0. The maximum Gasteiger partial charge on any atom is 0.339 e. The molecule has 1 aromatic carbocycles. The SMILES string of the molecule is COC(=O)c1cc(N)cc(I)c1I. The lowest BCUT2D eigenvalue weighted by atomic mass is 10.2. The predicted molar refractivity (Wildman–Crippen MR) is 67.6 cm³/mol. The molecule has 0 aliphatic rings. The average Bonchev–Trinajstić information content (AvgIpc) is 2.10. The second kappa shape index (κ2) is 4.45. The van der Waals surface area contributed by atoms with Gasteiger partial charge in [0.05, 0.1) is 12.7 Å². The van der Waals surface area contributed by atoms with E-state index in [2.05, 4.69) is 49.9 Å². The Labute approximate surface area is 103 Å². The van der Waals surface area contributed by atoms with Gasteiger partial charge in [0.1, 0.15) is 0 Å². The van der Waals surface area contributed by atoms with E-state index in [-0.39, 0.29) is 5.97 Å². The highest BCUT2D eigenvalue weighted by atomic mass is 127. The van der Waals surface area contributed by atoms with Crippen molar-refractivity contribution in [2.45, 2.75) is 0 Å². The highest BCUT2D eigenvalue weighted by molar-refractivity contribution is 14.1. The fourth-order valence-corrected chi connectivity index (χ4v) is 2.05. The third-order valence-electron chi connectivity index (χ3n) is 1.46. The van der Waals surface area contributed by atoms with Gasteiger partial charge in [-0.25, -0.2) is 4.79 Å². The molecular weight excluding hydrogens is 396 g/mol. The van der Waals surface area contributed by atoms with Crippen LogP contribution in [0.25, 0.3) is 0 Å². The normalized spacial score (nSPS) is 9.77. The van der Waals surface area contributed by atoms with Crippen molar-refractivity contribution < 1.29 is 9.53 Å². The molecule has 0 atom stereocenters. The number of carbonyl (C=O) groups is 1. The van der Waals surface area contributed by atoms with Crippen LogP contribution in [0.15, 0.2) is 12.1 Å². The zero-order valence-corrected chi connectivity index (χ0v) is 11.1. The second-order valence-electron chi connectivity index (χ2n) is 2.36. The summed E-state index contributed by atoms with van der Waals surface area (Å²) in [7, 11) is 1.36. The van der Waals surface area contributed by atoms with Crippen LogP contribution >= 0.6 is 45.2 Å². The minimum absolute atomic E-state index is 0.352. The Balaban J connectivity index is 3.28. The van der Waals surface area contributed by atoms with E-state index in [9.17, 15) is 4.79 Å². The van der Waals surface area contributed by atoms with Gasteiger partial charge in [-0.15, -0.1) is 0 Å². The van der Waals surface area contributed by atoms with Crippen LogP contribution in [-0.4, -0.2) is 13.1 Å². The maximum absolute atomic E-state index is 11.3. The molecule has 0 saturated carbocycles. The number of nitrogen functional groups attached to an aromatic ring is 1. The van der Waals surface area contributed by atoms with Gasteiger partial charge in [-0.2, -0.15) is 0 Å². The first-order valence-electron chi connectivity index (χ1n) is 3.39. The Bertz CT molecular complexity index is 352. The summed E-state index contributed by atoms with van der Waals surface area (Å²) < 4.78 is 6.46. The molecule has 2 N–H and O–H groups in total. The van der Waals surface area contributed by atoms with Crippen LogP contribution in [0.1, 0.15) is 10.4 Å². The lowest BCUT2D eigenvalue weighted by molar-refractivity contribution is 0.0599. The first-order valence-corrected chi connectivity index (χ1v) is 5.55. The Kier molecular flexibility index (Phi) is 3.77. The Morgan fingerprint density at radius 3 is 2.62 bits per heavy atom. The molecule has 3 nitrogen and oxygen atoms in total. The smallest absolute Gasteiger partial charge is 0.339 e. The van der Waals surface area contributed by atoms with Gasteiger partial charge < -0.3 is 10.5 Å². The number of hydrogen-bond donors (Lipinski definition) is 1. The Morgan fingerprint density at radius 2 is 2.08 bits per heavy atom. The van der Waals surface area contributed by atoms with E-state index in [1.807, 2.05) is 6.07 Å². The monoisotopic (exact) mass is 403 g/mol. The van der Waals surface area contributed by atoms with Crippen molar-refractivity contribution in [2.75, 3.05) is 12.8 Å². The number of esters is 1. The van der Waals surface area contributed by atoms with Crippen LogP contribution in [0.5, 0.6) is 0 Å². The number of ether oxygens (including phenoxy) is 1. The molecule has 0 aromatic heterocycles. The van der Waals surface area contributed by atoms with E-state index in [1.54, 1.807) is 6.07 Å². The maximum atomic E-state index is 11.3. The average molecular weight is 403 g/mol. The molecule has 0 unspecified atom stereocenters. The first-order chi connectivity index (χ1) is 6.06. The van der Waals surface area contributed by atoms with Gasteiger partial charge in [-0.3, -0.25) is 0 Å². The third kappa shape index (κ3) is 2.46. The molecule has 0 bridgehead atoms. The summed E-state index contributed by atoms with van der Waals surface area (Å²) in [5.74, 6) is -0.352. The minimum Gasteiger partial charge on any atom is -0.465 e. The standard InChI is InChI=1S/C8H7I2NO2/c1-13-8(12)5-2-4(11)3-6(9)7(5)10/h2-3H,11H2,1H3. The van der Waals surface area contributed by atoms with Gasteiger partial charge in [0.2, 0.25) is 0 Å². The van der Waals surface area contributed by atoms with Gasteiger partial charge in [-0.1, -0.05) is 0 Å². The van der Waals surface area contributed by atoms with E-state index >= 15 is 0 Å². The number of anilines is 1. The van der Waals surface area contributed by atoms with Crippen molar-refractivity contribution in [2.24, 2.45) is 0 Å². The molecule has 0 saturated heterocycles. The number of hydrogen-bond acceptors (Lipinski definition) is 3. The molecule has 0 spiro atoms. The molecule has 0 amide bonds. The van der Waals surface area contributed by atoms with Gasteiger partial charge in [0.15, 0.2) is 0 Å². The molecule has 5 heteroatoms. The Hall–Kier alpha value is -0.0500. The zero-order chi connectivity index (χ0) is 10.0. The summed E-state index contributed by atoms with van der Waals surface area (Å²) in [6.45, 7) is 0. The molecule has 0 fully saturated rings. The molecule has 0 heterocycles. The van der Waals surface area contributed by atoms with E-state index in [4.69, 9.17) is 5.73 Å². The fourth-order valence-electron chi connectivity index (χ4n) is 0.869. The zero-order valence-electron chi connectivity index (χ0n) is 6.80. The third-order valence-corrected chi connectivity index (χ3v) is 4.50. The van der Waals surface area contributed by atoms with Crippen LogP contribution in [0.3, 0.4) is 0 Å². The van der Waals surface area contributed by atoms with Crippen molar-refractivity contribution in [1.82, 2.24) is 0 Å². The number of rotatable bonds is 1. The van der Waals surface area contributed by atoms with Crippen LogP contribution in [0.2, 0.25) is 0 Å². The molecule has 70 valence electrons. The second-order valence-corrected chi connectivity index (χ2v) is 4.60. The van der Waals surface area contributed by atoms with Crippen molar-refractivity contribution in [3.05, 3.63) is 24.8 Å². The molecule has 0 aliphatic heterocycles. The highest BCUT2D eigenvalue weighted by Gasteiger charge is 2.13. The first kappa shape index (κ1) is 11.0. The van der Waals surface area contributed by atoms with Crippen molar-refractivity contribution in [1.29, 1.82) is 0 Å². The number of halogens is 2. The number of nitrogens with two attached hydrogens (primary N) is 1. The van der Waals surface area contributed by atoms with Crippen LogP contribution in [0.4, 0.5) is 5.69 Å². The molecule has 1 aromatic rings. The minimum atomic E-state index is -0.352. The van der Waals surface area contributed by atoms with E-state index < -0.39 is 0 Å². The summed E-state index contributed by atoms with van der Waals surface area (Å²) in [4.78, 5) is 11.3. The van der Waals surface area contributed by atoms with Crippen LogP contribution in [-0.2, 0) is 4.74 Å². The topological polar surface area (TPSA) is 52.3 Å². The van der Waals surface area contributed by atoms with Crippen molar-refractivity contribution in [3.8, 4) is 0 Å². The molecular formula is C8H7I2NO2. The Morgan fingerprint density at radius 1 is 1.46 bits per heavy atom. The number of methoxy groups -OCH3 is 1. The van der Waals surface area contributed by atoms with Gasteiger partial charge >= 0.3 is 5.97 Å². The summed E-state index contributed by atoms with van der Waals surface area (Å²) >= 11 is 4.23. The van der Waals surface area contributed by atoms with Gasteiger partial charge in [0, 0.05) is 12.8 Å². The molecule has 0 radical (unpaired) electrons. The number of benzene rings is 1. The van der Waals surface area contributed by atoms with Crippen LogP contribution < -0.4 is 5.73 Å². The predicted octanol–water partition coefficient (Wildman–Crippen LogP) is 2.26. The van der Waals surface area contributed by atoms with Crippen LogP contribution in [0, 0.1) is 7.14 Å². The summed E-state index contributed by atoms with van der Waals surface area (Å²) in [6, 6.07) is 3.44. The van der Waals surface area contributed by atoms with E-state index in [0.717, 1.165) is 7.14 Å². The molecule has 0 aliphatic carbocycles. The quantitative estimate of drug-likeness (QED) is 0.445. The van der Waals surface area contributed by atoms with Gasteiger partial charge in [0.25, 0.3) is 0 Å². The number of carbonyl (C=O) groups excluding carboxylic acids is 1. The summed E-state index contributed by atoms with van der Waals surface area (Å²) in [5.41, 5.74) is 6.70. The van der Waals surface area contributed by atoms with Crippen molar-refractivity contribution in [3.63, 3.8) is 0 Å². The molecule has 1 rings (SSSR count). The fraction of sp³-hybridized carbons (Fsp3) is 0.125. The summed E-state index contributed by atoms with van der Waals surface area (Å²) in [5, 5.41) is 0. The highest BCUT2D eigenvalue weighted by Crippen LogP contribution is 2.23. The lowest BCUT2D eigenvalue weighted by Crippen LogP contribution is -2.06. The molecule has 13 heavy (non-hydrogen) atoms. The van der Waals surface area contributed by atoms with Crippen molar-refractivity contribution >= 4 is 56.8 Å². The largest absolute Gasteiger partial charge is 0.465 e. The van der Waals surface area contributed by atoms with E-state index in [0.29, 0.717) is 11.3 Å². The van der Waals surface area contributed by atoms with Gasteiger partial charge in [-0.05, 0) is 57.3 Å². The lowest BCUT2D eigenvalue weighted by Gasteiger charge is -2.05.